The molecular weight excluding hydrogens is 336 g/mol. The number of aryl methyl sites for hydroxylation is 2. The van der Waals surface area contributed by atoms with E-state index in [9.17, 15) is 14.7 Å². The Morgan fingerprint density at radius 2 is 2.08 bits per heavy atom. The first-order chi connectivity index (χ1) is 12.0. The number of rotatable bonds is 6. The van der Waals surface area contributed by atoms with E-state index >= 15 is 0 Å². The molecule has 0 saturated heterocycles. The summed E-state index contributed by atoms with van der Waals surface area (Å²) in [5.41, 5.74) is 2.71. The van der Waals surface area contributed by atoms with Gasteiger partial charge < -0.3 is 15.3 Å². The SMILES string of the molecule is Cc1cccc(C(NC(=O)N(Cc2sccc2C)C2CC2)C(=O)O)c1. The topological polar surface area (TPSA) is 69.6 Å². The van der Waals surface area contributed by atoms with Crippen molar-refractivity contribution in [3.05, 3.63) is 57.3 Å². The fraction of sp³-hybridized carbons (Fsp3) is 0.368. The Kier molecular flexibility index (Phi) is 5.08. The highest BCUT2D eigenvalue weighted by atomic mass is 32.1. The number of amides is 2. The summed E-state index contributed by atoms with van der Waals surface area (Å²) in [6.45, 7) is 4.46. The van der Waals surface area contributed by atoms with Crippen LogP contribution in [0.25, 0.3) is 0 Å². The van der Waals surface area contributed by atoms with E-state index in [1.807, 2.05) is 31.4 Å². The Labute approximate surface area is 151 Å². The monoisotopic (exact) mass is 358 g/mol. The Morgan fingerprint density at radius 3 is 2.64 bits per heavy atom. The van der Waals surface area contributed by atoms with Gasteiger partial charge in [0.1, 0.15) is 0 Å². The lowest BCUT2D eigenvalue weighted by molar-refractivity contribution is -0.139. The molecule has 1 aromatic carbocycles. The van der Waals surface area contributed by atoms with Crippen LogP contribution in [0.3, 0.4) is 0 Å². The lowest BCUT2D eigenvalue weighted by Gasteiger charge is -2.25. The highest BCUT2D eigenvalue weighted by Gasteiger charge is 2.35. The largest absolute Gasteiger partial charge is 0.479 e. The Balaban J connectivity index is 1.77. The van der Waals surface area contributed by atoms with E-state index in [1.165, 1.54) is 0 Å². The van der Waals surface area contributed by atoms with Gasteiger partial charge in [-0.15, -0.1) is 11.3 Å². The summed E-state index contributed by atoms with van der Waals surface area (Å²) in [4.78, 5) is 27.4. The van der Waals surface area contributed by atoms with E-state index < -0.39 is 12.0 Å². The molecule has 2 amide bonds. The number of carbonyl (C=O) groups is 2. The van der Waals surface area contributed by atoms with E-state index in [1.54, 1.807) is 34.4 Å². The fourth-order valence-electron chi connectivity index (χ4n) is 2.82. The molecule has 6 heteroatoms. The van der Waals surface area contributed by atoms with Gasteiger partial charge in [0.15, 0.2) is 6.04 Å². The number of aliphatic carboxylic acids is 1. The Hall–Kier alpha value is -2.34. The third-order valence-electron chi connectivity index (χ3n) is 4.42. The number of carboxylic acids is 1. The van der Waals surface area contributed by atoms with Crippen LogP contribution in [-0.2, 0) is 11.3 Å². The molecule has 25 heavy (non-hydrogen) atoms. The molecule has 2 aromatic rings. The van der Waals surface area contributed by atoms with Crippen LogP contribution in [0.15, 0.2) is 35.7 Å². The fourth-order valence-corrected chi connectivity index (χ4v) is 3.72. The lowest BCUT2D eigenvalue weighted by atomic mass is 10.0. The molecule has 2 N–H and O–H groups in total. The number of benzene rings is 1. The maximum Gasteiger partial charge on any atom is 0.330 e. The molecule has 1 atom stereocenters. The van der Waals surface area contributed by atoms with Crippen LogP contribution in [-0.4, -0.2) is 28.0 Å². The van der Waals surface area contributed by atoms with Crippen LogP contribution in [0.1, 0.15) is 40.5 Å². The van der Waals surface area contributed by atoms with E-state index in [-0.39, 0.29) is 12.1 Å². The number of hydrogen-bond acceptors (Lipinski definition) is 3. The van der Waals surface area contributed by atoms with Crippen LogP contribution in [0.2, 0.25) is 0 Å². The van der Waals surface area contributed by atoms with E-state index in [0.717, 1.165) is 28.8 Å². The second kappa shape index (κ2) is 7.27. The number of hydrogen-bond donors (Lipinski definition) is 2. The quantitative estimate of drug-likeness (QED) is 0.824. The van der Waals surface area contributed by atoms with Crippen molar-refractivity contribution >= 4 is 23.3 Å². The van der Waals surface area contributed by atoms with Crippen LogP contribution in [0.4, 0.5) is 4.79 Å². The standard InChI is InChI=1S/C19H22N2O3S/c1-12-4-3-5-14(10-12)17(18(22)23)20-19(24)21(15-6-7-15)11-16-13(2)8-9-25-16/h3-5,8-10,15,17H,6-7,11H2,1-2H3,(H,20,24)(H,22,23). The highest BCUT2D eigenvalue weighted by Crippen LogP contribution is 2.30. The molecule has 0 bridgehead atoms. The van der Waals surface area contributed by atoms with Crippen LogP contribution >= 0.6 is 11.3 Å². The predicted octanol–water partition coefficient (Wildman–Crippen LogP) is 3.86. The maximum atomic E-state index is 12.8. The predicted molar refractivity (Wildman–Crippen MR) is 97.7 cm³/mol. The van der Waals surface area contributed by atoms with Crippen molar-refractivity contribution in [3.63, 3.8) is 0 Å². The normalized spacial score (nSPS) is 14.8. The third kappa shape index (κ3) is 4.20. The summed E-state index contributed by atoms with van der Waals surface area (Å²) in [6, 6.07) is 8.12. The molecule has 5 nitrogen and oxygen atoms in total. The summed E-state index contributed by atoms with van der Waals surface area (Å²) in [7, 11) is 0. The minimum absolute atomic E-state index is 0.202. The minimum Gasteiger partial charge on any atom is -0.479 e. The first kappa shape index (κ1) is 17.5. The van der Waals surface area contributed by atoms with Gasteiger partial charge >= 0.3 is 12.0 Å². The van der Waals surface area contributed by atoms with Crippen LogP contribution in [0, 0.1) is 13.8 Å². The van der Waals surface area contributed by atoms with Gasteiger partial charge in [-0.05, 0) is 49.3 Å². The summed E-state index contributed by atoms with van der Waals surface area (Å²) < 4.78 is 0. The zero-order valence-electron chi connectivity index (χ0n) is 14.4. The summed E-state index contributed by atoms with van der Waals surface area (Å²) in [6.07, 6.45) is 1.94. The van der Waals surface area contributed by atoms with E-state index in [0.29, 0.717) is 12.1 Å². The van der Waals surface area contributed by atoms with Gasteiger partial charge in [-0.1, -0.05) is 29.8 Å². The van der Waals surface area contributed by atoms with Gasteiger partial charge in [0.05, 0.1) is 6.54 Å². The van der Waals surface area contributed by atoms with E-state index in [2.05, 4.69) is 5.32 Å². The van der Waals surface area contributed by atoms with Gasteiger partial charge in [-0.2, -0.15) is 0 Å². The van der Waals surface area contributed by atoms with Crippen LogP contribution in [0.5, 0.6) is 0 Å². The van der Waals surface area contributed by atoms with Gasteiger partial charge in [0, 0.05) is 10.9 Å². The first-order valence-electron chi connectivity index (χ1n) is 8.35. The van der Waals surface area contributed by atoms with Gasteiger partial charge in [-0.3, -0.25) is 0 Å². The number of thiophene rings is 1. The van der Waals surface area contributed by atoms with Crippen molar-refractivity contribution in [1.29, 1.82) is 0 Å². The first-order valence-corrected chi connectivity index (χ1v) is 9.23. The molecule has 1 aromatic heterocycles. The molecule has 0 radical (unpaired) electrons. The van der Waals surface area contributed by atoms with Crippen molar-refractivity contribution in [2.75, 3.05) is 0 Å². The molecule has 1 fully saturated rings. The van der Waals surface area contributed by atoms with Crippen molar-refractivity contribution in [2.45, 2.75) is 45.3 Å². The third-order valence-corrected chi connectivity index (χ3v) is 5.43. The molecule has 0 spiro atoms. The average Bonchev–Trinajstić information content (AvgIpc) is 3.32. The van der Waals surface area contributed by atoms with Crippen molar-refractivity contribution in [2.24, 2.45) is 0 Å². The molecule has 1 aliphatic carbocycles. The number of carboxylic acid groups (broad SMARTS) is 1. The van der Waals surface area contributed by atoms with Crippen molar-refractivity contribution < 1.29 is 14.7 Å². The summed E-state index contributed by atoms with van der Waals surface area (Å²) in [5, 5.41) is 14.3. The zero-order valence-corrected chi connectivity index (χ0v) is 15.2. The van der Waals surface area contributed by atoms with Crippen LogP contribution < -0.4 is 5.32 Å². The van der Waals surface area contributed by atoms with Gasteiger partial charge in [-0.25, -0.2) is 9.59 Å². The smallest absolute Gasteiger partial charge is 0.330 e. The average molecular weight is 358 g/mol. The molecule has 1 heterocycles. The zero-order chi connectivity index (χ0) is 18.0. The lowest BCUT2D eigenvalue weighted by Crippen LogP contribution is -2.44. The summed E-state index contributed by atoms with van der Waals surface area (Å²) in [5.74, 6) is -1.05. The molecule has 1 saturated carbocycles. The molecule has 1 unspecified atom stereocenters. The molecular formula is C19H22N2O3S. The van der Waals surface area contributed by atoms with E-state index in [4.69, 9.17) is 0 Å². The number of nitrogens with zero attached hydrogens (tertiary/aromatic N) is 1. The van der Waals surface area contributed by atoms with Gasteiger partial charge in [0.2, 0.25) is 0 Å². The van der Waals surface area contributed by atoms with Gasteiger partial charge in [0.25, 0.3) is 0 Å². The van der Waals surface area contributed by atoms with Crippen molar-refractivity contribution in [1.82, 2.24) is 10.2 Å². The minimum atomic E-state index is -1.05. The highest BCUT2D eigenvalue weighted by molar-refractivity contribution is 7.10. The molecule has 0 aliphatic heterocycles. The second-order valence-corrected chi connectivity index (χ2v) is 7.52. The number of carbonyl (C=O) groups excluding carboxylic acids is 1. The Morgan fingerprint density at radius 1 is 1.32 bits per heavy atom. The second-order valence-electron chi connectivity index (χ2n) is 6.52. The summed E-state index contributed by atoms with van der Waals surface area (Å²) >= 11 is 1.63. The van der Waals surface area contributed by atoms with Crippen molar-refractivity contribution in [3.8, 4) is 0 Å². The molecule has 1 aliphatic rings. The Bertz CT molecular complexity index is 782. The molecule has 132 valence electrons. The molecule has 3 rings (SSSR count). The number of urea groups is 1. The number of nitrogens with one attached hydrogen (secondary N) is 1. The maximum absolute atomic E-state index is 12.8.